The molecule has 0 aliphatic carbocycles. The number of hydrogen-bond acceptors (Lipinski definition) is 2. The predicted molar refractivity (Wildman–Crippen MR) is 79.2 cm³/mol. The zero-order valence-corrected chi connectivity index (χ0v) is 12.4. The van der Waals surface area contributed by atoms with Crippen molar-refractivity contribution in [2.75, 3.05) is 11.9 Å². The fraction of sp³-hybridized carbons (Fsp3) is 0.200. The van der Waals surface area contributed by atoms with Gasteiger partial charge in [0.25, 0.3) is 0 Å². The van der Waals surface area contributed by atoms with Crippen LogP contribution in [0.4, 0.5) is 15.8 Å². The SMILES string of the molecule is CC(O)c1ccc(Br)cc1N(C)c1ccc(F)cc1. The standard InChI is InChI=1S/C15H15BrFNO/c1-10(19)14-8-3-11(16)9-15(14)18(2)13-6-4-12(17)5-7-13/h3-10,19H,1-2H3. The zero-order valence-electron chi connectivity index (χ0n) is 10.8. The molecule has 0 heterocycles. The Morgan fingerprint density at radius 3 is 2.37 bits per heavy atom. The molecule has 0 aromatic heterocycles. The summed E-state index contributed by atoms with van der Waals surface area (Å²) in [6.45, 7) is 1.73. The number of benzene rings is 2. The molecule has 0 spiro atoms. The summed E-state index contributed by atoms with van der Waals surface area (Å²) in [5.41, 5.74) is 2.58. The number of nitrogens with zero attached hydrogens (tertiary/aromatic N) is 1. The molecule has 1 atom stereocenters. The van der Waals surface area contributed by atoms with Crippen LogP contribution < -0.4 is 4.90 Å². The highest BCUT2D eigenvalue weighted by Gasteiger charge is 2.13. The maximum atomic E-state index is 13.0. The van der Waals surface area contributed by atoms with Gasteiger partial charge in [-0.2, -0.15) is 0 Å². The fourth-order valence-electron chi connectivity index (χ4n) is 1.96. The van der Waals surface area contributed by atoms with Gasteiger partial charge in [0.05, 0.1) is 6.10 Å². The van der Waals surface area contributed by atoms with Gasteiger partial charge in [-0.05, 0) is 43.3 Å². The van der Waals surface area contributed by atoms with E-state index in [1.165, 1.54) is 12.1 Å². The topological polar surface area (TPSA) is 23.5 Å². The summed E-state index contributed by atoms with van der Waals surface area (Å²) in [7, 11) is 1.89. The van der Waals surface area contributed by atoms with Gasteiger partial charge in [-0.25, -0.2) is 4.39 Å². The third kappa shape index (κ3) is 3.14. The molecule has 0 saturated carbocycles. The second kappa shape index (κ2) is 5.72. The van der Waals surface area contributed by atoms with Gasteiger partial charge >= 0.3 is 0 Å². The van der Waals surface area contributed by atoms with Crippen molar-refractivity contribution in [2.45, 2.75) is 13.0 Å². The first-order chi connectivity index (χ1) is 8.99. The Hall–Kier alpha value is -1.39. The average Bonchev–Trinajstić information content (AvgIpc) is 2.38. The van der Waals surface area contributed by atoms with Crippen LogP contribution in [0.2, 0.25) is 0 Å². The second-order valence-corrected chi connectivity index (χ2v) is 5.33. The van der Waals surface area contributed by atoms with Crippen LogP contribution in [0, 0.1) is 5.82 Å². The van der Waals surface area contributed by atoms with Crippen LogP contribution in [0.5, 0.6) is 0 Å². The molecule has 1 unspecified atom stereocenters. The number of hydrogen-bond donors (Lipinski definition) is 1. The predicted octanol–water partition coefficient (Wildman–Crippen LogP) is 4.41. The van der Waals surface area contributed by atoms with Gasteiger partial charge in [-0.1, -0.05) is 22.0 Å². The Morgan fingerprint density at radius 2 is 1.79 bits per heavy atom. The van der Waals surface area contributed by atoms with Crippen LogP contribution in [0.25, 0.3) is 0 Å². The van der Waals surface area contributed by atoms with E-state index in [0.29, 0.717) is 0 Å². The molecule has 0 amide bonds. The minimum absolute atomic E-state index is 0.262. The largest absolute Gasteiger partial charge is 0.389 e. The van der Waals surface area contributed by atoms with Gasteiger partial charge in [-0.15, -0.1) is 0 Å². The van der Waals surface area contributed by atoms with Gasteiger partial charge in [-0.3, -0.25) is 0 Å². The van der Waals surface area contributed by atoms with E-state index in [1.807, 2.05) is 30.1 Å². The summed E-state index contributed by atoms with van der Waals surface area (Å²) in [5.74, 6) is -0.262. The van der Waals surface area contributed by atoms with Crippen molar-refractivity contribution >= 4 is 27.3 Å². The van der Waals surface area contributed by atoms with Crippen molar-refractivity contribution < 1.29 is 9.50 Å². The molecule has 2 aromatic carbocycles. The van der Waals surface area contributed by atoms with Crippen LogP contribution in [0.1, 0.15) is 18.6 Å². The van der Waals surface area contributed by atoms with E-state index < -0.39 is 6.10 Å². The van der Waals surface area contributed by atoms with Crippen LogP contribution in [-0.4, -0.2) is 12.2 Å². The van der Waals surface area contributed by atoms with Gasteiger partial charge in [0.1, 0.15) is 5.82 Å². The third-order valence-electron chi connectivity index (χ3n) is 3.02. The first-order valence-electron chi connectivity index (χ1n) is 5.96. The quantitative estimate of drug-likeness (QED) is 0.904. The summed E-state index contributed by atoms with van der Waals surface area (Å²) in [5, 5.41) is 9.83. The number of halogens is 2. The van der Waals surface area contributed by atoms with Crippen molar-refractivity contribution in [3.8, 4) is 0 Å². The summed E-state index contributed by atoms with van der Waals surface area (Å²) in [6, 6.07) is 12.0. The fourth-order valence-corrected chi connectivity index (χ4v) is 2.31. The van der Waals surface area contributed by atoms with E-state index in [1.54, 1.807) is 19.1 Å². The maximum Gasteiger partial charge on any atom is 0.123 e. The molecule has 100 valence electrons. The Bertz CT molecular complexity index is 569. The van der Waals surface area contributed by atoms with E-state index in [4.69, 9.17) is 0 Å². The van der Waals surface area contributed by atoms with Gasteiger partial charge in [0, 0.05) is 28.5 Å². The van der Waals surface area contributed by atoms with Crippen LogP contribution in [0.3, 0.4) is 0 Å². The molecule has 0 fully saturated rings. The van der Waals surface area contributed by atoms with E-state index in [2.05, 4.69) is 15.9 Å². The first-order valence-corrected chi connectivity index (χ1v) is 6.75. The molecule has 2 nitrogen and oxygen atoms in total. The molecule has 0 radical (unpaired) electrons. The van der Waals surface area contributed by atoms with Crippen LogP contribution >= 0.6 is 15.9 Å². The van der Waals surface area contributed by atoms with Crippen molar-refractivity contribution in [3.63, 3.8) is 0 Å². The molecule has 4 heteroatoms. The van der Waals surface area contributed by atoms with Gasteiger partial charge < -0.3 is 10.0 Å². The minimum Gasteiger partial charge on any atom is -0.389 e. The summed E-state index contributed by atoms with van der Waals surface area (Å²) < 4.78 is 13.9. The molecule has 0 bridgehead atoms. The van der Waals surface area contributed by atoms with Crippen molar-refractivity contribution in [1.29, 1.82) is 0 Å². The third-order valence-corrected chi connectivity index (χ3v) is 3.51. The Kier molecular flexibility index (Phi) is 4.22. The normalized spacial score (nSPS) is 12.3. The van der Waals surface area contributed by atoms with E-state index >= 15 is 0 Å². The highest BCUT2D eigenvalue weighted by molar-refractivity contribution is 9.10. The van der Waals surface area contributed by atoms with E-state index in [9.17, 15) is 9.50 Å². The molecule has 1 N–H and O–H groups in total. The first kappa shape index (κ1) is 14.0. The highest BCUT2D eigenvalue weighted by Crippen LogP contribution is 2.33. The minimum atomic E-state index is -0.564. The van der Waals surface area contributed by atoms with Gasteiger partial charge in [0.2, 0.25) is 0 Å². The molecule has 19 heavy (non-hydrogen) atoms. The maximum absolute atomic E-state index is 13.0. The highest BCUT2D eigenvalue weighted by atomic mass is 79.9. The molecular formula is C15H15BrFNO. The van der Waals surface area contributed by atoms with Crippen molar-refractivity contribution in [2.24, 2.45) is 0 Å². The van der Waals surface area contributed by atoms with E-state index in [0.717, 1.165) is 21.4 Å². The lowest BCUT2D eigenvalue weighted by atomic mass is 10.1. The molecule has 2 aromatic rings. The smallest absolute Gasteiger partial charge is 0.123 e. The molecule has 0 saturated heterocycles. The molecule has 0 aliphatic rings. The summed E-state index contributed by atoms with van der Waals surface area (Å²) in [6.07, 6.45) is -0.564. The molecule has 0 aliphatic heterocycles. The van der Waals surface area contributed by atoms with Crippen LogP contribution in [-0.2, 0) is 0 Å². The number of aliphatic hydroxyl groups is 1. The summed E-state index contributed by atoms with van der Waals surface area (Å²) >= 11 is 3.43. The second-order valence-electron chi connectivity index (χ2n) is 4.41. The molecular weight excluding hydrogens is 309 g/mol. The lowest BCUT2D eigenvalue weighted by Gasteiger charge is -2.24. The van der Waals surface area contributed by atoms with Crippen LogP contribution in [0.15, 0.2) is 46.9 Å². The number of rotatable bonds is 3. The van der Waals surface area contributed by atoms with E-state index in [-0.39, 0.29) is 5.82 Å². The average molecular weight is 324 g/mol. The number of anilines is 2. The lowest BCUT2D eigenvalue weighted by molar-refractivity contribution is 0.200. The van der Waals surface area contributed by atoms with Gasteiger partial charge in [0.15, 0.2) is 0 Å². The number of aliphatic hydroxyl groups excluding tert-OH is 1. The monoisotopic (exact) mass is 323 g/mol. The van der Waals surface area contributed by atoms with Crippen molar-refractivity contribution in [1.82, 2.24) is 0 Å². The lowest BCUT2D eigenvalue weighted by Crippen LogP contribution is -2.12. The Morgan fingerprint density at radius 1 is 1.16 bits per heavy atom. The Labute approximate surface area is 120 Å². The molecule has 2 rings (SSSR count). The Balaban J connectivity index is 2.45. The van der Waals surface area contributed by atoms with Crippen molar-refractivity contribution in [3.05, 3.63) is 58.3 Å². The zero-order chi connectivity index (χ0) is 14.0. The summed E-state index contributed by atoms with van der Waals surface area (Å²) in [4.78, 5) is 1.92.